The van der Waals surface area contributed by atoms with Gasteiger partial charge in [0.25, 0.3) is 0 Å². The molecule has 2 aliphatic rings. The summed E-state index contributed by atoms with van der Waals surface area (Å²) in [6.45, 7) is 7.36. The number of hydrogen-bond donors (Lipinski definition) is 1. The van der Waals surface area contributed by atoms with Crippen LogP contribution in [0.25, 0.3) is 0 Å². The van der Waals surface area contributed by atoms with Crippen LogP contribution in [0.15, 0.2) is 0 Å². The average Bonchev–Trinajstić information content (AvgIpc) is 2.92. The van der Waals surface area contributed by atoms with Crippen molar-refractivity contribution < 1.29 is 8.42 Å². The number of likely N-dealkylation sites (tertiary alicyclic amines) is 1. The van der Waals surface area contributed by atoms with Crippen LogP contribution in [0.3, 0.4) is 0 Å². The SMILES string of the molecule is CNCC(C)S(=O)(=O)N1CCC(CN2CCCC2)CC1. The van der Waals surface area contributed by atoms with Crippen LogP contribution in [0.5, 0.6) is 0 Å². The number of piperidine rings is 1. The first-order valence-corrected chi connectivity index (χ1v) is 9.40. The van der Waals surface area contributed by atoms with Crippen molar-refractivity contribution in [1.82, 2.24) is 14.5 Å². The maximum absolute atomic E-state index is 12.4. The summed E-state index contributed by atoms with van der Waals surface area (Å²) >= 11 is 0. The zero-order chi connectivity index (χ0) is 14.6. The van der Waals surface area contributed by atoms with E-state index in [4.69, 9.17) is 0 Å². The van der Waals surface area contributed by atoms with Gasteiger partial charge in [0.15, 0.2) is 0 Å². The highest BCUT2D eigenvalue weighted by atomic mass is 32.2. The van der Waals surface area contributed by atoms with Crippen molar-refractivity contribution in [3.8, 4) is 0 Å². The van der Waals surface area contributed by atoms with Crippen molar-refractivity contribution in [3.63, 3.8) is 0 Å². The molecule has 0 spiro atoms. The van der Waals surface area contributed by atoms with Gasteiger partial charge in [-0.25, -0.2) is 12.7 Å². The van der Waals surface area contributed by atoms with Crippen molar-refractivity contribution >= 4 is 10.0 Å². The van der Waals surface area contributed by atoms with E-state index >= 15 is 0 Å². The highest BCUT2D eigenvalue weighted by Gasteiger charge is 2.32. The van der Waals surface area contributed by atoms with Crippen LogP contribution >= 0.6 is 0 Å². The fourth-order valence-electron chi connectivity index (χ4n) is 3.32. The van der Waals surface area contributed by atoms with Gasteiger partial charge in [0.05, 0.1) is 5.25 Å². The minimum atomic E-state index is -3.12. The van der Waals surface area contributed by atoms with Gasteiger partial charge in [-0.3, -0.25) is 0 Å². The molecule has 0 bridgehead atoms. The second-order valence-electron chi connectivity index (χ2n) is 6.26. The lowest BCUT2D eigenvalue weighted by Gasteiger charge is -2.34. The van der Waals surface area contributed by atoms with Gasteiger partial charge in [-0.1, -0.05) is 0 Å². The van der Waals surface area contributed by atoms with E-state index < -0.39 is 10.0 Å². The van der Waals surface area contributed by atoms with Crippen LogP contribution in [0.1, 0.15) is 32.6 Å². The molecule has 2 saturated heterocycles. The predicted octanol–water partition coefficient (Wildman–Crippen LogP) is 0.732. The van der Waals surface area contributed by atoms with Crippen LogP contribution in [0.2, 0.25) is 0 Å². The van der Waals surface area contributed by atoms with E-state index in [0.29, 0.717) is 25.6 Å². The Labute approximate surface area is 123 Å². The lowest BCUT2D eigenvalue weighted by Crippen LogP contribution is -2.46. The second kappa shape index (κ2) is 7.20. The molecular weight excluding hydrogens is 274 g/mol. The molecule has 2 aliphatic heterocycles. The van der Waals surface area contributed by atoms with Crippen molar-refractivity contribution in [3.05, 3.63) is 0 Å². The topological polar surface area (TPSA) is 52.7 Å². The average molecular weight is 303 g/mol. The fraction of sp³-hybridized carbons (Fsp3) is 1.00. The Hall–Kier alpha value is -0.170. The van der Waals surface area contributed by atoms with E-state index in [1.807, 2.05) is 0 Å². The van der Waals surface area contributed by atoms with Gasteiger partial charge < -0.3 is 10.2 Å². The maximum atomic E-state index is 12.4. The molecule has 0 radical (unpaired) electrons. The summed E-state index contributed by atoms with van der Waals surface area (Å²) in [4.78, 5) is 2.54. The van der Waals surface area contributed by atoms with Gasteiger partial charge in [0.2, 0.25) is 10.0 Å². The molecular formula is C14H29N3O2S. The Balaban J connectivity index is 1.81. The Morgan fingerprint density at radius 3 is 2.30 bits per heavy atom. The normalized spacial score (nSPS) is 25.1. The Kier molecular flexibility index (Phi) is 5.84. The molecule has 6 heteroatoms. The number of sulfonamides is 1. The minimum Gasteiger partial charge on any atom is -0.318 e. The van der Waals surface area contributed by atoms with Crippen LogP contribution in [-0.2, 0) is 10.0 Å². The van der Waals surface area contributed by atoms with Crippen molar-refractivity contribution in [2.24, 2.45) is 5.92 Å². The van der Waals surface area contributed by atoms with E-state index in [-0.39, 0.29) is 5.25 Å². The molecule has 0 aromatic carbocycles. The van der Waals surface area contributed by atoms with E-state index in [1.165, 1.54) is 32.5 Å². The second-order valence-corrected chi connectivity index (χ2v) is 8.61. The molecule has 2 fully saturated rings. The van der Waals surface area contributed by atoms with Crippen LogP contribution in [0, 0.1) is 5.92 Å². The third-order valence-corrected chi connectivity index (χ3v) is 6.92. The van der Waals surface area contributed by atoms with Gasteiger partial charge in [0, 0.05) is 26.2 Å². The fourth-order valence-corrected chi connectivity index (χ4v) is 4.93. The summed E-state index contributed by atoms with van der Waals surface area (Å²) in [5, 5.41) is 2.63. The molecule has 0 aromatic rings. The summed E-state index contributed by atoms with van der Waals surface area (Å²) < 4.78 is 26.5. The van der Waals surface area contributed by atoms with Gasteiger partial charge in [-0.2, -0.15) is 0 Å². The minimum absolute atomic E-state index is 0.331. The number of nitrogens with zero attached hydrogens (tertiary/aromatic N) is 2. The molecule has 0 aliphatic carbocycles. The molecule has 0 amide bonds. The number of hydrogen-bond acceptors (Lipinski definition) is 4. The molecule has 0 aromatic heterocycles. The lowest BCUT2D eigenvalue weighted by molar-refractivity contribution is 0.205. The quantitative estimate of drug-likeness (QED) is 0.786. The van der Waals surface area contributed by atoms with Crippen molar-refractivity contribution in [1.29, 1.82) is 0 Å². The zero-order valence-corrected chi connectivity index (χ0v) is 13.7. The van der Waals surface area contributed by atoms with Crippen LogP contribution in [0.4, 0.5) is 0 Å². The first-order chi connectivity index (χ1) is 9.54. The molecule has 2 rings (SSSR count). The molecule has 0 saturated carbocycles. The Bertz CT molecular complexity index is 385. The highest BCUT2D eigenvalue weighted by Crippen LogP contribution is 2.23. The molecule has 1 unspecified atom stereocenters. The van der Waals surface area contributed by atoms with E-state index in [2.05, 4.69) is 10.2 Å². The number of nitrogens with one attached hydrogen (secondary N) is 1. The summed E-state index contributed by atoms with van der Waals surface area (Å²) in [5.74, 6) is 0.680. The first-order valence-electron chi connectivity index (χ1n) is 7.90. The predicted molar refractivity (Wildman–Crippen MR) is 82.3 cm³/mol. The third kappa shape index (κ3) is 3.93. The standard InChI is InChI=1S/C14H29N3O2S/c1-13(11-15-2)20(18,19)17-9-5-14(6-10-17)12-16-7-3-4-8-16/h13-15H,3-12H2,1-2H3. The van der Waals surface area contributed by atoms with Crippen molar-refractivity contribution in [2.45, 2.75) is 37.9 Å². The van der Waals surface area contributed by atoms with E-state index in [9.17, 15) is 8.42 Å². The summed E-state index contributed by atoms with van der Waals surface area (Å²) in [6.07, 6.45) is 4.69. The maximum Gasteiger partial charge on any atom is 0.217 e. The smallest absolute Gasteiger partial charge is 0.217 e. The molecule has 1 atom stereocenters. The monoisotopic (exact) mass is 303 g/mol. The van der Waals surface area contributed by atoms with Gasteiger partial charge in [0.1, 0.15) is 0 Å². The third-order valence-electron chi connectivity index (χ3n) is 4.65. The molecule has 118 valence electrons. The van der Waals surface area contributed by atoms with Gasteiger partial charge in [-0.15, -0.1) is 0 Å². The largest absolute Gasteiger partial charge is 0.318 e. The van der Waals surface area contributed by atoms with Crippen LogP contribution in [-0.4, -0.2) is 69.2 Å². The molecule has 2 heterocycles. The molecule has 5 nitrogen and oxygen atoms in total. The van der Waals surface area contributed by atoms with Gasteiger partial charge >= 0.3 is 0 Å². The summed E-state index contributed by atoms with van der Waals surface area (Å²) in [6, 6.07) is 0. The summed E-state index contributed by atoms with van der Waals surface area (Å²) in [5.41, 5.74) is 0. The van der Waals surface area contributed by atoms with E-state index in [0.717, 1.165) is 12.8 Å². The van der Waals surface area contributed by atoms with Gasteiger partial charge in [-0.05, 0) is 58.7 Å². The zero-order valence-electron chi connectivity index (χ0n) is 12.8. The summed E-state index contributed by atoms with van der Waals surface area (Å²) in [7, 11) is -1.32. The van der Waals surface area contributed by atoms with E-state index in [1.54, 1.807) is 18.3 Å². The Morgan fingerprint density at radius 2 is 1.75 bits per heavy atom. The van der Waals surface area contributed by atoms with Crippen molar-refractivity contribution in [2.75, 3.05) is 46.3 Å². The molecule has 20 heavy (non-hydrogen) atoms. The number of rotatable bonds is 6. The lowest BCUT2D eigenvalue weighted by atomic mass is 9.98. The molecule has 1 N–H and O–H groups in total. The first kappa shape index (κ1) is 16.2. The highest BCUT2D eigenvalue weighted by molar-refractivity contribution is 7.89. The van der Waals surface area contributed by atoms with Crippen LogP contribution < -0.4 is 5.32 Å². The Morgan fingerprint density at radius 1 is 1.15 bits per heavy atom.